The monoisotopic (exact) mass is 349 g/mol. The number of carbonyl (C=O) groups excluding carboxylic acids is 1. The molecule has 0 aromatic carbocycles. The van der Waals surface area contributed by atoms with Crippen molar-refractivity contribution in [2.24, 2.45) is 0 Å². The number of hydrogen-bond donors (Lipinski definition) is 2. The first kappa shape index (κ1) is 15.5. The Bertz CT molecular complexity index is 832. The molecule has 0 bridgehead atoms. The molecule has 0 saturated carbocycles. The molecule has 6 nitrogen and oxygen atoms in total. The predicted octanol–water partition coefficient (Wildman–Crippen LogP) is 3.37. The quantitative estimate of drug-likeness (QED) is 0.691. The second-order valence-electron chi connectivity index (χ2n) is 4.62. The average molecular weight is 349 g/mol. The normalized spacial score (nSPS) is 10.5. The van der Waals surface area contributed by atoms with Gasteiger partial charge in [0.05, 0.1) is 12.1 Å². The molecule has 0 aliphatic rings. The molecule has 0 aliphatic heterocycles. The molecular formula is C14H12FN5OS2. The Morgan fingerprint density at radius 2 is 2.17 bits per heavy atom. The Balaban J connectivity index is 1.59. The number of pyridine rings is 1. The lowest BCUT2D eigenvalue weighted by Gasteiger charge is -2.01. The number of anilines is 3. The summed E-state index contributed by atoms with van der Waals surface area (Å²) in [6.07, 6.45) is 1.85. The molecule has 2 N–H and O–H groups in total. The number of aromatic nitrogens is 3. The third kappa shape index (κ3) is 4.30. The molecule has 0 radical (unpaired) electrons. The number of halogens is 1. The van der Waals surface area contributed by atoms with Crippen LogP contribution in [0.3, 0.4) is 0 Å². The number of nitrogens with one attached hydrogen (secondary N) is 2. The van der Waals surface area contributed by atoms with Crippen molar-refractivity contribution in [2.75, 3.05) is 10.6 Å². The topological polar surface area (TPSA) is 79.8 Å². The van der Waals surface area contributed by atoms with Crippen LogP contribution in [-0.4, -0.2) is 20.9 Å². The number of aryl methyl sites for hydroxylation is 1. The summed E-state index contributed by atoms with van der Waals surface area (Å²) < 4.78 is 13.0. The van der Waals surface area contributed by atoms with Gasteiger partial charge in [-0.25, -0.2) is 15.0 Å². The first-order valence-electron chi connectivity index (χ1n) is 6.65. The lowest BCUT2D eigenvalue weighted by Crippen LogP contribution is -2.14. The summed E-state index contributed by atoms with van der Waals surface area (Å²) in [6.45, 7) is 1.92. The minimum Gasteiger partial charge on any atom is -0.316 e. The zero-order chi connectivity index (χ0) is 16.2. The van der Waals surface area contributed by atoms with E-state index in [1.54, 1.807) is 23.7 Å². The third-order valence-electron chi connectivity index (χ3n) is 2.71. The van der Waals surface area contributed by atoms with Gasteiger partial charge in [-0.3, -0.25) is 4.79 Å². The molecule has 0 spiro atoms. The van der Waals surface area contributed by atoms with Crippen molar-refractivity contribution in [3.8, 4) is 0 Å². The van der Waals surface area contributed by atoms with Gasteiger partial charge in [-0.1, -0.05) is 6.07 Å². The van der Waals surface area contributed by atoms with E-state index in [0.29, 0.717) is 21.8 Å². The van der Waals surface area contributed by atoms with Crippen molar-refractivity contribution in [3.63, 3.8) is 0 Å². The average Bonchev–Trinajstić information content (AvgIpc) is 3.08. The summed E-state index contributed by atoms with van der Waals surface area (Å²) in [7, 11) is 0. The Labute approximate surface area is 139 Å². The summed E-state index contributed by atoms with van der Waals surface area (Å²) in [5.74, 6) is -0.376. The van der Waals surface area contributed by atoms with Crippen molar-refractivity contribution in [3.05, 3.63) is 46.3 Å². The Morgan fingerprint density at radius 3 is 2.91 bits per heavy atom. The summed E-state index contributed by atoms with van der Waals surface area (Å²) in [6, 6.07) is 4.47. The largest absolute Gasteiger partial charge is 0.316 e. The van der Waals surface area contributed by atoms with Gasteiger partial charge in [-0.05, 0) is 19.1 Å². The number of amides is 1. The minimum absolute atomic E-state index is 0.146. The summed E-state index contributed by atoms with van der Waals surface area (Å²) >= 11 is 2.74. The second kappa shape index (κ2) is 6.80. The van der Waals surface area contributed by atoms with Gasteiger partial charge in [0.1, 0.15) is 5.82 Å². The van der Waals surface area contributed by atoms with Crippen LogP contribution in [0, 0.1) is 12.9 Å². The predicted molar refractivity (Wildman–Crippen MR) is 88.8 cm³/mol. The first-order valence-corrected chi connectivity index (χ1v) is 8.34. The minimum atomic E-state index is -0.565. The maximum Gasteiger partial charge on any atom is 0.232 e. The highest BCUT2D eigenvalue weighted by atomic mass is 32.1. The van der Waals surface area contributed by atoms with E-state index in [2.05, 4.69) is 25.6 Å². The molecular weight excluding hydrogens is 337 g/mol. The van der Waals surface area contributed by atoms with Crippen LogP contribution in [0.25, 0.3) is 0 Å². The van der Waals surface area contributed by atoms with Gasteiger partial charge in [0, 0.05) is 16.5 Å². The fraction of sp³-hybridized carbons (Fsp3) is 0.143. The Kier molecular flexibility index (Phi) is 4.58. The van der Waals surface area contributed by atoms with Gasteiger partial charge < -0.3 is 10.6 Å². The van der Waals surface area contributed by atoms with E-state index in [1.807, 2.05) is 6.92 Å². The summed E-state index contributed by atoms with van der Waals surface area (Å²) in [4.78, 5) is 25.0. The third-order valence-corrected chi connectivity index (χ3v) is 4.35. The second-order valence-corrected chi connectivity index (χ2v) is 6.71. The molecule has 0 saturated heterocycles. The van der Waals surface area contributed by atoms with E-state index in [4.69, 9.17) is 0 Å². The molecule has 0 aliphatic carbocycles. The number of hydrogen-bond acceptors (Lipinski definition) is 7. The van der Waals surface area contributed by atoms with Gasteiger partial charge in [-0.2, -0.15) is 4.39 Å². The fourth-order valence-electron chi connectivity index (χ4n) is 1.77. The van der Waals surface area contributed by atoms with Crippen LogP contribution in [0.5, 0.6) is 0 Å². The van der Waals surface area contributed by atoms with E-state index >= 15 is 0 Å². The molecule has 3 heterocycles. The molecule has 0 unspecified atom stereocenters. The number of thiazole rings is 2. The van der Waals surface area contributed by atoms with Crippen molar-refractivity contribution >= 4 is 44.7 Å². The van der Waals surface area contributed by atoms with Crippen LogP contribution < -0.4 is 10.6 Å². The van der Waals surface area contributed by atoms with Crippen LogP contribution in [0.15, 0.2) is 29.8 Å². The SMILES string of the molecule is Cc1cnc(NC(=O)Cc2csc(Nc3cccc(F)n3)n2)s1. The Morgan fingerprint density at radius 1 is 1.30 bits per heavy atom. The zero-order valence-electron chi connectivity index (χ0n) is 12.0. The van der Waals surface area contributed by atoms with E-state index in [1.165, 1.54) is 28.7 Å². The van der Waals surface area contributed by atoms with Crippen molar-refractivity contribution in [1.29, 1.82) is 0 Å². The number of nitrogens with zero attached hydrogens (tertiary/aromatic N) is 3. The van der Waals surface area contributed by atoms with E-state index < -0.39 is 5.95 Å². The molecule has 0 atom stereocenters. The lowest BCUT2D eigenvalue weighted by atomic mass is 10.3. The molecule has 1 amide bonds. The zero-order valence-corrected chi connectivity index (χ0v) is 13.7. The van der Waals surface area contributed by atoms with Crippen LogP contribution in [0.2, 0.25) is 0 Å². The fourth-order valence-corrected chi connectivity index (χ4v) is 3.17. The lowest BCUT2D eigenvalue weighted by molar-refractivity contribution is -0.115. The van der Waals surface area contributed by atoms with Gasteiger partial charge in [0.2, 0.25) is 11.9 Å². The molecule has 3 rings (SSSR count). The van der Waals surface area contributed by atoms with Crippen LogP contribution >= 0.6 is 22.7 Å². The maximum absolute atomic E-state index is 13.0. The standard InChI is InChI=1S/C14H12FN5OS2/c1-8-6-16-13(23-8)20-12(21)5-9-7-22-14(17-9)19-11-4-2-3-10(15)18-11/h2-4,6-7H,5H2,1H3,(H,16,20,21)(H,17,18,19). The highest BCUT2D eigenvalue weighted by Gasteiger charge is 2.10. The van der Waals surface area contributed by atoms with E-state index in [-0.39, 0.29) is 12.3 Å². The van der Waals surface area contributed by atoms with E-state index in [9.17, 15) is 9.18 Å². The number of rotatable bonds is 5. The molecule has 0 fully saturated rings. The van der Waals surface area contributed by atoms with Crippen LogP contribution in [0.1, 0.15) is 10.6 Å². The first-order chi connectivity index (χ1) is 11.1. The van der Waals surface area contributed by atoms with Gasteiger partial charge in [0.15, 0.2) is 10.3 Å². The van der Waals surface area contributed by atoms with Crippen LogP contribution in [0.4, 0.5) is 20.5 Å². The molecule has 3 aromatic rings. The van der Waals surface area contributed by atoms with Gasteiger partial charge in [0.25, 0.3) is 0 Å². The van der Waals surface area contributed by atoms with Crippen molar-refractivity contribution in [1.82, 2.24) is 15.0 Å². The van der Waals surface area contributed by atoms with Crippen molar-refractivity contribution in [2.45, 2.75) is 13.3 Å². The molecule has 23 heavy (non-hydrogen) atoms. The summed E-state index contributed by atoms with van der Waals surface area (Å²) in [5, 5.41) is 8.53. The highest BCUT2D eigenvalue weighted by molar-refractivity contribution is 7.15. The molecule has 118 valence electrons. The van der Waals surface area contributed by atoms with Crippen LogP contribution in [-0.2, 0) is 11.2 Å². The van der Waals surface area contributed by atoms with Gasteiger partial charge in [-0.15, -0.1) is 22.7 Å². The maximum atomic E-state index is 13.0. The smallest absolute Gasteiger partial charge is 0.232 e. The molecule has 9 heteroatoms. The number of carbonyl (C=O) groups is 1. The summed E-state index contributed by atoms with van der Waals surface area (Å²) in [5.41, 5.74) is 0.625. The highest BCUT2D eigenvalue weighted by Crippen LogP contribution is 2.21. The molecule has 3 aromatic heterocycles. The van der Waals surface area contributed by atoms with E-state index in [0.717, 1.165) is 4.88 Å². The van der Waals surface area contributed by atoms with Gasteiger partial charge >= 0.3 is 0 Å². The Hall–Kier alpha value is -2.39. The van der Waals surface area contributed by atoms with Crippen molar-refractivity contribution < 1.29 is 9.18 Å².